The van der Waals surface area contributed by atoms with Crippen LogP contribution in [-0.2, 0) is 0 Å². The number of hydrogen-bond donors (Lipinski definition) is 0. The van der Waals surface area contributed by atoms with Gasteiger partial charge in [-0.05, 0) is 23.6 Å². The van der Waals surface area contributed by atoms with Crippen molar-refractivity contribution >= 4 is 45.1 Å². The molecule has 4 rings (SSSR count). The van der Waals surface area contributed by atoms with Gasteiger partial charge in [0.15, 0.2) is 5.78 Å². The van der Waals surface area contributed by atoms with Crippen molar-refractivity contribution in [3.63, 3.8) is 0 Å². The molecule has 0 saturated heterocycles. The van der Waals surface area contributed by atoms with Gasteiger partial charge >= 0.3 is 0 Å². The molecule has 120 valence electrons. The molecule has 0 fully saturated rings. The Hall–Kier alpha value is -2.97. The van der Waals surface area contributed by atoms with E-state index in [9.17, 15) is 4.79 Å². The second-order valence-corrected chi connectivity index (χ2v) is 6.15. The monoisotopic (exact) mass is 343 g/mol. The lowest BCUT2D eigenvalue weighted by Crippen LogP contribution is -1.93. The van der Waals surface area contributed by atoms with E-state index in [0.717, 1.165) is 27.2 Å². The van der Waals surface area contributed by atoms with Gasteiger partial charge in [0.05, 0.1) is 5.52 Å². The molecule has 0 bridgehead atoms. The molecule has 1 aromatic heterocycles. The smallest absolute Gasteiger partial charge is 0.185 e. The van der Waals surface area contributed by atoms with Gasteiger partial charge in [0.1, 0.15) is 5.15 Å². The fourth-order valence-electron chi connectivity index (χ4n) is 2.88. The van der Waals surface area contributed by atoms with Crippen molar-refractivity contribution in [3.05, 3.63) is 95.2 Å². The molecule has 0 unspecified atom stereocenters. The fourth-order valence-corrected chi connectivity index (χ4v) is 3.09. The van der Waals surface area contributed by atoms with Crippen molar-refractivity contribution < 1.29 is 4.79 Å². The number of halogens is 1. The number of hydrogen-bond acceptors (Lipinski definition) is 2. The van der Waals surface area contributed by atoms with Crippen LogP contribution < -0.4 is 0 Å². The topological polar surface area (TPSA) is 30.0 Å². The Kier molecular flexibility index (Phi) is 4.04. The van der Waals surface area contributed by atoms with E-state index in [-0.39, 0.29) is 5.78 Å². The number of allylic oxidation sites excluding steroid dienone is 1. The summed E-state index contributed by atoms with van der Waals surface area (Å²) in [6.07, 6.45) is 3.25. The lowest BCUT2D eigenvalue weighted by atomic mass is 10.0. The number of ketones is 1. The van der Waals surface area contributed by atoms with E-state index in [2.05, 4.69) is 17.1 Å². The zero-order valence-electron chi connectivity index (χ0n) is 13.3. The molecule has 0 amide bonds. The summed E-state index contributed by atoms with van der Waals surface area (Å²) in [5, 5.41) is 3.58. The van der Waals surface area contributed by atoms with Gasteiger partial charge in [0.2, 0.25) is 0 Å². The van der Waals surface area contributed by atoms with Gasteiger partial charge in [0.25, 0.3) is 0 Å². The van der Waals surface area contributed by atoms with Crippen molar-refractivity contribution in [2.24, 2.45) is 0 Å². The summed E-state index contributed by atoms with van der Waals surface area (Å²) in [6.45, 7) is 0. The number of carbonyl (C=O) groups excluding carboxylic acids is 1. The summed E-state index contributed by atoms with van der Waals surface area (Å²) in [7, 11) is 0. The number of aromatic nitrogens is 1. The molecule has 25 heavy (non-hydrogen) atoms. The van der Waals surface area contributed by atoms with Gasteiger partial charge in [-0.3, -0.25) is 4.79 Å². The summed E-state index contributed by atoms with van der Waals surface area (Å²) in [5.41, 5.74) is 2.25. The van der Waals surface area contributed by atoms with Crippen LogP contribution in [-0.4, -0.2) is 10.8 Å². The van der Waals surface area contributed by atoms with Crippen molar-refractivity contribution in [1.29, 1.82) is 0 Å². The van der Waals surface area contributed by atoms with Gasteiger partial charge in [0, 0.05) is 21.9 Å². The maximum atomic E-state index is 12.2. The highest BCUT2D eigenvalue weighted by Gasteiger charge is 2.07. The Morgan fingerprint density at radius 2 is 1.60 bits per heavy atom. The second kappa shape index (κ2) is 6.50. The largest absolute Gasteiger partial charge is 0.289 e. The van der Waals surface area contributed by atoms with E-state index in [1.807, 2.05) is 48.5 Å². The molecule has 0 atom stereocenters. The van der Waals surface area contributed by atoms with Crippen LogP contribution in [0.4, 0.5) is 0 Å². The maximum absolute atomic E-state index is 12.2. The van der Waals surface area contributed by atoms with Crippen LogP contribution in [0.3, 0.4) is 0 Å². The van der Waals surface area contributed by atoms with E-state index >= 15 is 0 Å². The Morgan fingerprint density at radius 3 is 2.44 bits per heavy atom. The zero-order chi connectivity index (χ0) is 17.2. The normalized spacial score (nSPS) is 11.4. The molecule has 4 aromatic rings. The molecule has 0 radical (unpaired) electrons. The van der Waals surface area contributed by atoms with Crippen LogP contribution in [0.2, 0.25) is 5.15 Å². The third-order valence-corrected chi connectivity index (χ3v) is 4.47. The quantitative estimate of drug-likeness (QED) is 0.199. The third kappa shape index (κ3) is 3.04. The number of carbonyl (C=O) groups is 1. The highest BCUT2D eigenvalue weighted by atomic mass is 35.5. The summed E-state index contributed by atoms with van der Waals surface area (Å²) < 4.78 is 0. The molecule has 3 heteroatoms. The molecular formula is C22H14ClNO. The van der Waals surface area contributed by atoms with Crippen LogP contribution in [0.1, 0.15) is 15.9 Å². The van der Waals surface area contributed by atoms with Crippen LogP contribution in [0, 0.1) is 0 Å². The average molecular weight is 344 g/mol. The first-order chi connectivity index (χ1) is 12.2. The first-order valence-electron chi connectivity index (χ1n) is 7.98. The van der Waals surface area contributed by atoms with Crippen LogP contribution in [0.25, 0.3) is 27.8 Å². The van der Waals surface area contributed by atoms with E-state index in [1.54, 1.807) is 18.2 Å². The van der Waals surface area contributed by atoms with Gasteiger partial charge in [-0.1, -0.05) is 78.3 Å². The van der Waals surface area contributed by atoms with E-state index in [0.29, 0.717) is 10.7 Å². The predicted octanol–water partition coefficient (Wildman–Crippen LogP) is 5.94. The van der Waals surface area contributed by atoms with Crippen molar-refractivity contribution in [2.45, 2.75) is 0 Å². The Labute approximate surface area is 150 Å². The Bertz CT molecular complexity index is 1120. The third-order valence-electron chi connectivity index (χ3n) is 4.16. The van der Waals surface area contributed by atoms with Crippen molar-refractivity contribution in [1.82, 2.24) is 4.98 Å². The van der Waals surface area contributed by atoms with Crippen LogP contribution in [0.5, 0.6) is 0 Å². The highest BCUT2D eigenvalue weighted by Crippen LogP contribution is 2.28. The number of benzene rings is 3. The Balaban J connectivity index is 1.75. The lowest BCUT2D eigenvalue weighted by molar-refractivity contribution is 0.104. The molecule has 3 aromatic carbocycles. The van der Waals surface area contributed by atoms with Gasteiger partial charge < -0.3 is 0 Å². The maximum Gasteiger partial charge on any atom is 0.185 e. The molecule has 2 nitrogen and oxygen atoms in total. The van der Waals surface area contributed by atoms with E-state index in [4.69, 9.17) is 11.6 Å². The summed E-state index contributed by atoms with van der Waals surface area (Å²) >= 11 is 6.36. The number of fused-ring (bicyclic) bond motifs is 3. The van der Waals surface area contributed by atoms with Gasteiger partial charge in [-0.25, -0.2) is 4.98 Å². The Morgan fingerprint density at radius 1 is 0.880 bits per heavy atom. The summed E-state index contributed by atoms with van der Waals surface area (Å²) in [4.78, 5) is 16.8. The lowest BCUT2D eigenvalue weighted by Gasteiger charge is -2.06. The molecule has 0 saturated carbocycles. The first kappa shape index (κ1) is 15.6. The number of pyridine rings is 1. The zero-order valence-corrected chi connectivity index (χ0v) is 14.1. The number of rotatable bonds is 3. The van der Waals surface area contributed by atoms with Crippen molar-refractivity contribution in [3.8, 4) is 0 Å². The molecule has 1 heterocycles. The minimum Gasteiger partial charge on any atom is -0.289 e. The summed E-state index contributed by atoms with van der Waals surface area (Å²) in [6, 6.07) is 23.3. The minimum atomic E-state index is -0.0599. The minimum absolute atomic E-state index is 0.0599. The molecule has 0 aliphatic carbocycles. The van der Waals surface area contributed by atoms with Gasteiger partial charge in [-0.15, -0.1) is 0 Å². The molecule has 0 spiro atoms. The summed E-state index contributed by atoms with van der Waals surface area (Å²) in [5.74, 6) is -0.0599. The fraction of sp³-hybridized carbons (Fsp3) is 0. The van der Waals surface area contributed by atoms with E-state index < -0.39 is 0 Å². The van der Waals surface area contributed by atoms with Crippen molar-refractivity contribution in [2.75, 3.05) is 0 Å². The predicted molar refractivity (Wildman–Crippen MR) is 104 cm³/mol. The molecule has 0 N–H and O–H groups in total. The standard InChI is InChI=1S/C22H14ClNO/c23-22-18(12-13-20(25)16-7-2-1-3-8-16)14-17-11-10-15-6-4-5-9-19(15)21(17)24-22/h1-14H/b13-12+. The highest BCUT2D eigenvalue weighted by molar-refractivity contribution is 6.31. The van der Waals surface area contributed by atoms with E-state index in [1.165, 1.54) is 6.08 Å². The molecule has 0 aliphatic heterocycles. The SMILES string of the molecule is O=C(/C=C/c1cc2ccc3ccccc3c2nc1Cl)c1ccccc1. The molecule has 0 aliphatic rings. The first-order valence-corrected chi connectivity index (χ1v) is 8.36. The van der Waals surface area contributed by atoms with Crippen LogP contribution >= 0.6 is 11.6 Å². The number of nitrogens with zero attached hydrogens (tertiary/aromatic N) is 1. The second-order valence-electron chi connectivity index (χ2n) is 5.79. The van der Waals surface area contributed by atoms with Crippen LogP contribution in [0.15, 0.2) is 78.9 Å². The molecular weight excluding hydrogens is 330 g/mol. The average Bonchev–Trinajstić information content (AvgIpc) is 2.67. The van der Waals surface area contributed by atoms with Gasteiger partial charge in [-0.2, -0.15) is 0 Å².